The molecule has 2 N–H and O–H groups in total. The molecule has 1 heterocycles. The first-order chi connectivity index (χ1) is 15.9. The minimum Gasteiger partial charge on any atom is -0.493 e. The molecule has 12 heteroatoms. The van der Waals surface area contributed by atoms with E-state index in [0.717, 1.165) is 11.3 Å². The van der Waals surface area contributed by atoms with Crippen molar-refractivity contribution in [1.29, 1.82) is 0 Å². The molecule has 0 spiro atoms. The van der Waals surface area contributed by atoms with Gasteiger partial charge in [0.2, 0.25) is 11.0 Å². The van der Waals surface area contributed by atoms with Crippen molar-refractivity contribution in [3.63, 3.8) is 0 Å². The van der Waals surface area contributed by atoms with Gasteiger partial charge in [0, 0.05) is 11.3 Å². The third-order valence-corrected chi connectivity index (χ3v) is 6.16. The van der Waals surface area contributed by atoms with Crippen LogP contribution in [-0.4, -0.2) is 55.1 Å². The molecule has 0 atom stereocenters. The Morgan fingerprint density at radius 2 is 1.61 bits per heavy atom. The second kappa shape index (κ2) is 11.3. The van der Waals surface area contributed by atoms with E-state index in [2.05, 4.69) is 25.6 Å². The largest absolute Gasteiger partial charge is 0.493 e. The minimum atomic E-state index is -0.450. The second-order valence-corrected chi connectivity index (χ2v) is 8.50. The molecule has 3 aromatic rings. The van der Waals surface area contributed by atoms with Gasteiger partial charge >= 0.3 is 5.97 Å². The highest BCUT2D eigenvalue weighted by Gasteiger charge is 2.14. The van der Waals surface area contributed by atoms with E-state index in [-0.39, 0.29) is 17.6 Å². The zero-order valence-corrected chi connectivity index (χ0v) is 19.5. The molecular weight excluding hydrogens is 468 g/mol. The maximum absolute atomic E-state index is 12.5. The fraction of sp³-hybridized carbons (Fsp3) is 0.190. The first-order valence-corrected chi connectivity index (χ1v) is 11.2. The van der Waals surface area contributed by atoms with E-state index < -0.39 is 5.97 Å². The van der Waals surface area contributed by atoms with Crippen molar-refractivity contribution < 1.29 is 28.6 Å². The molecule has 10 nitrogen and oxygen atoms in total. The summed E-state index contributed by atoms with van der Waals surface area (Å²) < 4.78 is 15.5. The van der Waals surface area contributed by atoms with Crippen LogP contribution in [0.1, 0.15) is 20.7 Å². The van der Waals surface area contributed by atoms with Gasteiger partial charge in [-0.25, -0.2) is 4.79 Å². The van der Waals surface area contributed by atoms with E-state index in [1.54, 1.807) is 42.5 Å². The average molecular weight is 489 g/mol. The first-order valence-electron chi connectivity index (χ1n) is 9.41. The number of benzene rings is 2. The van der Waals surface area contributed by atoms with Crippen molar-refractivity contribution in [2.24, 2.45) is 0 Å². The van der Waals surface area contributed by atoms with Gasteiger partial charge in [0.25, 0.3) is 5.91 Å². The number of methoxy groups -OCH3 is 3. The monoisotopic (exact) mass is 488 g/mol. The lowest BCUT2D eigenvalue weighted by Crippen LogP contribution is -2.14. The highest BCUT2D eigenvalue weighted by atomic mass is 32.2. The van der Waals surface area contributed by atoms with Crippen LogP contribution >= 0.6 is 23.1 Å². The Bertz CT molecular complexity index is 1150. The predicted molar refractivity (Wildman–Crippen MR) is 125 cm³/mol. The Hall–Kier alpha value is -3.64. The summed E-state index contributed by atoms with van der Waals surface area (Å²) in [5.74, 6) is -0.0369. The van der Waals surface area contributed by atoms with E-state index in [0.29, 0.717) is 37.8 Å². The Balaban J connectivity index is 1.51. The normalized spacial score (nSPS) is 10.3. The zero-order valence-electron chi connectivity index (χ0n) is 17.9. The van der Waals surface area contributed by atoms with Crippen LogP contribution in [0.3, 0.4) is 0 Å². The van der Waals surface area contributed by atoms with Crippen LogP contribution in [0.25, 0.3) is 0 Å². The van der Waals surface area contributed by atoms with E-state index in [1.165, 1.54) is 33.1 Å². The van der Waals surface area contributed by atoms with Crippen LogP contribution in [0.15, 0.2) is 46.8 Å². The highest BCUT2D eigenvalue weighted by molar-refractivity contribution is 8.01. The summed E-state index contributed by atoms with van der Waals surface area (Å²) in [6, 6.07) is 11.2. The second-order valence-electron chi connectivity index (χ2n) is 6.30. The quantitative estimate of drug-likeness (QED) is 0.265. The molecule has 3 rings (SSSR count). The average Bonchev–Trinajstić information content (AvgIpc) is 3.29. The molecule has 0 bridgehead atoms. The number of esters is 1. The number of nitrogens with zero attached hydrogens (tertiary/aromatic N) is 2. The molecule has 0 aliphatic heterocycles. The molecule has 1 aromatic heterocycles. The van der Waals surface area contributed by atoms with E-state index in [9.17, 15) is 14.4 Å². The topological polar surface area (TPSA) is 129 Å². The van der Waals surface area contributed by atoms with Crippen molar-refractivity contribution in [2.75, 3.05) is 37.7 Å². The van der Waals surface area contributed by atoms with Gasteiger partial charge in [-0.15, -0.1) is 10.2 Å². The van der Waals surface area contributed by atoms with Crippen molar-refractivity contribution >= 4 is 51.7 Å². The number of hydrogen-bond donors (Lipinski definition) is 2. The molecule has 172 valence electrons. The van der Waals surface area contributed by atoms with Gasteiger partial charge < -0.3 is 19.5 Å². The number of hydrogen-bond acceptors (Lipinski definition) is 10. The summed E-state index contributed by atoms with van der Waals surface area (Å²) in [5, 5.41) is 13.6. The van der Waals surface area contributed by atoms with Gasteiger partial charge in [0.15, 0.2) is 15.8 Å². The number of amides is 2. The molecule has 2 amide bonds. The van der Waals surface area contributed by atoms with Crippen LogP contribution in [0.5, 0.6) is 11.5 Å². The lowest BCUT2D eigenvalue weighted by Gasteiger charge is -2.08. The van der Waals surface area contributed by atoms with Gasteiger partial charge in [-0.3, -0.25) is 14.9 Å². The minimum absolute atomic E-state index is 0.0943. The summed E-state index contributed by atoms with van der Waals surface area (Å²) in [6.07, 6.45) is 0. The summed E-state index contributed by atoms with van der Waals surface area (Å²) in [7, 11) is 4.30. The van der Waals surface area contributed by atoms with Gasteiger partial charge in [0.1, 0.15) is 0 Å². The summed E-state index contributed by atoms with van der Waals surface area (Å²) >= 11 is 2.34. The van der Waals surface area contributed by atoms with Crippen molar-refractivity contribution in [3.8, 4) is 11.5 Å². The molecular formula is C21H20N4O6S2. The Morgan fingerprint density at radius 3 is 2.27 bits per heavy atom. The lowest BCUT2D eigenvalue weighted by atomic mass is 10.2. The summed E-state index contributed by atoms with van der Waals surface area (Å²) in [4.78, 5) is 36.1. The number of thioether (sulfide) groups is 1. The van der Waals surface area contributed by atoms with E-state index in [4.69, 9.17) is 9.47 Å². The van der Waals surface area contributed by atoms with Crippen LogP contribution in [-0.2, 0) is 9.53 Å². The number of rotatable bonds is 9. The number of nitrogens with one attached hydrogen (secondary N) is 2. The molecule has 2 aromatic carbocycles. The number of carbonyl (C=O) groups is 3. The SMILES string of the molecule is COC(=O)c1ccc(NC(=O)CSc2nnc(NC(=O)c3ccc(OC)c(OC)c3)s2)cc1. The number of ether oxygens (including phenoxy) is 3. The zero-order chi connectivity index (χ0) is 23.8. The number of anilines is 2. The van der Waals surface area contributed by atoms with Crippen LogP contribution in [0.2, 0.25) is 0 Å². The molecule has 0 unspecified atom stereocenters. The molecule has 0 saturated heterocycles. The lowest BCUT2D eigenvalue weighted by molar-refractivity contribution is -0.113. The molecule has 33 heavy (non-hydrogen) atoms. The molecule has 0 aliphatic carbocycles. The van der Waals surface area contributed by atoms with Gasteiger partial charge in [-0.1, -0.05) is 23.1 Å². The van der Waals surface area contributed by atoms with Crippen molar-refractivity contribution in [2.45, 2.75) is 4.34 Å². The summed E-state index contributed by atoms with van der Waals surface area (Å²) in [5.41, 5.74) is 1.31. The third-order valence-electron chi connectivity index (χ3n) is 4.19. The first kappa shape index (κ1) is 24.0. The molecule has 0 fully saturated rings. The smallest absolute Gasteiger partial charge is 0.337 e. The summed E-state index contributed by atoms with van der Waals surface area (Å²) in [6.45, 7) is 0. The van der Waals surface area contributed by atoms with Gasteiger partial charge in [-0.2, -0.15) is 0 Å². The van der Waals surface area contributed by atoms with Gasteiger partial charge in [0.05, 0.1) is 32.6 Å². The van der Waals surface area contributed by atoms with E-state index >= 15 is 0 Å². The fourth-order valence-corrected chi connectivity index (χ4v) is 4.14. The maximum Gasteiger partial charge on any atom is 0.337 e. The van der Waals surface area contributed by atoms with Crippen molar-refractivity contribution in [3.05, 3.63) is 53.6 Å². The Morgan fingerprint density at radius 1 is 0.909 bits per heavy atom. The van der Waals surface area contributed by atoms with Crippen LogP contribution in [0.4, 0.5) is 10.8 Å². The standard InChI is InChI=1S/C21H20N4O6S2/c1-29-15-9-6-13(10-16(15)30-2)18(27)23-20-24-25-21(33-20)32-11-17(26)22-14-7-4-12(5-8-14)19(28)31-3/h4-10H,11H2,1-3H3,(H,22,26)(H,23,24,27). The Kier molecular flexibility index (Phi) is 8.22. The molecule has 0 aliphatic rings. The third kappa shape index (κ3) is 6.43. The number of aromatic nitrogens is 2. The van der Waals surface area contributed by atoms with Crippen molar-refractivity contribution in [1.82, 2.24) is 10.2 Å². The van der Waals surface area contributed by atoms with E-state index in [1.807, 2.05) is 0 Å². The van der Waals surface area contributed by atoms with Gasteiger partial charge in [-0.05, 0) is 42.5 Å². The molecule has 0 radical (unpaired) electrons. The van der Waals surface area contributed by atoms with Crippen LogP contribution < -0.4 is 20.1 Å². The highest BCUT2D eigenvalue weighted by Crippen LogP contribution is 2.29. The fourth-order valence-electron chi connectivity index (χ4n) is 2.60. The molecule has 0 saturated carbocycles. The Labute approximate surface area is 197 Å². The number of carbonyl (C=O) groups excluding carboxylic acids is 3. The van der Waals surface area contributed by atoms with Crippen LogP contribution in [0, 0.1) is 0 Å². The maximum atomic E-state index is 12.5. The predicted octanol–water partition coefficient (Wildman–Crippen LogP) is 3.33.